The number of quaternary nitrogens is 1. The van der Waals surface area contributed by atoms with Gasteiger partial charge in [0.15, 0.2) is 0 Å². The summed E-state index contributed by atoms with van der Waals surface area (Å²) in [4.78, 5) is 0. The van der Waals surface area contributed by atoms with Crippen molar-refractivity contribution in [3.05, 3.63) is 0 Å². The molecule has 0 saturated carbocycles. The molecule has 2 unspecified atom stereocenters. The maximum Gasteiger partial charge on any atom is 0.0988 e. The highest BCUT2D eigenvalue weighted by Gasteiger charge is 2.23. The van der Waals surface area contributed by atoms with Crippen molar-refractivity contribution in [2.75, 3.05) is 6.54 Å². The second-order valence-electron chi connectivity index (χ2n) is 2.57. The highest BCUT2D eigenvalue weighted by atomic mass is 35.5. The molecule has 1 aliphatic heterocycles. The Morgan fingerprint density at radius 1 is 1.42 bits per heavy atom. The number of alkyl halides is 1. The van der Waals surface area contributed by atoms with Gasteiger partial charge in [0.05, 0.1) is 20.9 Å². The first-order valence-electron chi connectivity index (χ1n) is 3.32. The molecule has 7 heteroatoms. The lowest BCUT2D eigenvalue weighted by atomic mass is 10.2. The summed E-state index contributed by atoms with van der Waals surface area (Å²) in [6.45, 7) is 0.181. The van der Waals surface area contributed by atoms with E-state index in [1.165, 1.54) is 0 Å². The first kappa shape index (κ1) is 12.1. The molecule has 2 atom stereocenters. The molecule has 0 aromatic heterocycles. The van der Waals surface area contributed by atoms with E-state index < -0.39 is 15.4 Å². The maximum atomic E-state index is 10.5. The minimum atomic E-state index is -4.12. The van der Waals surface area contributed by atoms with Crippen molar-refractivity contribution < 1.29 is 13.0 Å². The van der Waals surface area contributed by atoms with Gasteiger partial charge < -0.3 is 16.0 Å². The van der Waals surface area contributed by atoms with Crippen LogP contribution in [0.5, 0.6) is 0 Å². The highest BCUT2D eigenvalue weighted by Crippen LogP contribution is 2.15. The predicted molar refractivity (Wildman–Crippen MR) is 46.3 cm³/mol. The normalized spacial score (nSPS) is 30.8. The van der Waals surface area contributed by atoms with Crippen LogP contribution in [0.2, 0.25) is 0 Å². The van der Waals surface area contributed by atoms with Crippen molar-refractivity contribution in [3.63, 3.8) is 0 Å². The summed E-state index contributed by atoms with van der Waals surface area (Å²) in [6.07, 6.45) is 0.903. The molecule has 0 aliphatic carbocycles. The Kier molecular flexibility index (Phi) is 4.43. The minimum absolute atomic E-state index is 0. The zero-order chi connectivity index (χ0) is 8.48. The van der Waals surface area contributed by atoms with Gasteiger partial charge in [0.1, 0.15) is 0 Å². The van der Waals surface area contributed by atoms with Crippen LogP contribution < -0.4 is 11.5 Å². The van der Waals surface area contributed by atoms with Crippen LogP contribution in [-0.4, -0.2) is 30.3 Å². The van der Waals surface area contributed by atoms with Crippen molar-refractivity contribution in [3.8, 4) is 0 Å². The van der Waals surface area contributed by atoms with E-state index in [1.54, 1.807) is 0 Å². The van der Waals surface area contributed by atoms with Gasteiger partial charge in [-0.05, 0) is 12.8 Å². The molecule has 1 rings (SSSR count). The Morgan fingerprint density at radius 2 is 2.00 bits per heavy atom. The Bertz CT molecular complexity index is 223. The van der Waals surface area contributed by atoms with Gasteiger partial charge in [-0.15, -0.1) is 11.6 Å². The van der Waals surface area contributed by atoms with Crippen molar-refractivity contribution in [1.82, 2.24) is 11.5 Å². The number of hydrogen-bond donors (Lipinski definition) is 2. The van der Waals surface area contributed by atoms with Gasteiger partial charge in [-0.2, -0.15) is 0 Å². The molecule has 12 heavy (non-hydrogen) atoms. The SMILES string of the molecule is O=S(=O)([O-])C1CCC(Cl)NC1.[NH4+]. The number of rotatable bonds is 1. The lowest BCUT2D eigenvalue weighted by Crippen LogP contribution is -2.42. The monoisotopic (exact) mass is 216 g/mol. The molecule has 0 aromatic carbocycles. The molecular formula is C5H13ClN2O3S. The quantitative estimate of drug-likeness (QED) is 0.372. The Morgan fingerprint density at radius 3 is 2.33 bits per heavy atom. The van der Waals surface area contributed by atoms with Gasteiger partial charge >= 0.3 is 0 Å². The van der Waals surface area contributed by atoms with E-state index in [2.05, 4.69) is 5.32 Å². The lowest BCUT2D eigenvalue weighted by molar-refractivity contribution is 0.411. The number of piperidine rings is 1. The van der Waals surface area contributed by atoms with Crippen LogP contribution in [0.1, 0.15) is 12.8 Å². The maximum absolute atomic E-state index is 10.5. The highest BCUT2D eigenvalue weighted by molar-refractivity contribution is 7.86. The molecule has 1 fully saturated rings. The van der Waals surface area contributed by atoms with E-state index in [0.717, 1.165) is 0 Å². The summed E-state index contributed by atoms with van der Waals surface area (Å²) in [5.41, 5.74) is -0.187. The molecule has 5 nitrogen and oxygen atoms in total. The Balaban J connectivity index is 0.00000121. The van der Waals surface area contributed by atoms with Crippen LogP contribution in [0, 0.1) is 0 Å². The van der Waals surface area contributed by atoms with E-state index >= 15 is 0 Å². The molecule has 1 heterocycles. The van der Waals surface area contributed by atoms with Crippen LogP contribution in [-0.2, 0) is 10.1 Å². The third-order valence-electron chi connectivity index (χ3n) is 1.72. The van der Waals surface area contributed by atoms with Gasteiger partial charge in [0.2, 0.25) is 0 Å². The van der Waals surface area contributed by atoms with Gasteiger partial charge in [-0.1, -0.05) is 0 Å². The molecule has 0 bridgehead atoms. The van der Waals surface area contributed by atoms with E-state index in [-0.39, 0.29) is 18.2 Å². The molecule has 1 saturated heterocycles. The van der Waals surface area contributed by atoms with Crippen LogP contribution in [0.25, 0.3) is 0 Å². The molecular weight excluding hydrogens is 204 g/mol. The van der Waals surface area contributed by atoms with Crippen molar-refractivity contribution in [1.29, 1.82) is 0 Å². The number of nitrogens with one attached hydrogen (secondary N) is 1. The summed E-state index contributed by atoms with van der Waals surface area (Å²) in [5.74, 6) is 0. The molecule has 0 aromatic rings. The second kappa shape index (κ2) is 4.38. The first-order valence-corrected chi connectivity index (χ1v) is 5.23. The third kappa shape index (κ3) is 3.24. The van der Waals surface area contributed by atoms with E-state index in [0.29, 0.717) is 12.8 Å². The molecule has 1 aliphatic rings. The fourth-order valence-corrected chi connectivity index (χ4v) is 1.98. The summed E-state index contributed by atoms with van der Waals surface area (Å²) < 4.78 is 31.4. The third-order valence-corrected chi connectivity index (χ3v) is 3.31. The number of hydrogen-bond acceptors (Lipinski definition) is 4. The largest absolute Gasteiger partial charge is 0.748 e. The van der Waals surface area contributed by atoms with E-state index in [1.807, 2.05) is 0 Å². The first-order chi connectivity index (χ1) is 5.00. The fraction of sp³-hybridized carbons (Fsp3) is 1.00. The molecule has 74 valence electrons. The van der Waals surface area contributed by atoms with Gasteiger partial charge in [0.25, 0.3) is 0 Å². The molecule has 0 amide bonds. The topological polar surface area (TPSA) is 106 Å². The fourth-order valence-electron chi connectivity index (χ4n) is 1.04. The van der Waals surface area contributed by atoms with E-state index in [9.17, 15) is 13.0 Å². The smallest absolute Gasteiger partial charge is 0.0988 e. The Hall–Kier alpha value is 0.120. The average molecular weight is 217 g/mol. The van der Waals surface area contributed by atoms with Crippen molar-refractivity contribution in [2.24, 2.45) is 0 Å². The number of halogens is 1. The predicted octanol–water partition coefficient (Wildman–Crippen LogP) is 0.225. The van der Waals surface area contributed by atoms with E-state index in [4.69, 9.17) is 11.6 Å². The van der Waals surface area contributed by atoms with Crippen LogP contribution in [0.4, 0.5) is 0 Å². The van der Waals surface area contributed by atoms with Crippen LogP contribution in [0.3, 0.4) is 0 Å². The minimum Gasteiger partial charge on any atom is -0.748 e. The lowest BCUT2D eigenvalue weighted by Gasteiger charge is -2.27. The Labute approximate surface area is 76.8 Å². The standard InChI is InChI=1S/C5H10ClNO3S.H3N/c6-5-2-1-4(3-7-5)11(8,9)10;/h4-5,7H,1-3H2,(H,8,9,10);1H3. The molecule has 0 radical (unpaired) electrons. The zero-order valence-electron chi connectivity index (χ0n) is 6.79. The molecule has 5 N–H and O–H groups in total. The van der Waals surface area contributed by atoms with Gasteiger partial charge in [0, 0.05) is 6.54 Å². The van der Waals surface area contributed by atoms with Crippen molar-refractivity contribution in [2.45, 2.75) is 23.6 Å². The van der Waals surface area contributed by atoms with Gasteiger partial charge in [-0.25, -0.2) is 8.42 Å². The zero-order valence-corrected chi connectivity index (χ0v) is 8.36. The summed E-state index contributed by atoms with van der Waals surface area (Å²) >= 11 is 5.62. The second-order valence-corrected chi connectivity index (χ2v) is 4.75. The average Bonchev–Trinajstić information content (AvgIpc) is 1.86. The van der Waals surface area contributed by atoms with Crippen molar-refractivity contribution >= 4 is 21.7 Å². The van der Waals surface area contributed by atoms with Gasteiger partial charge in [-0.3, -0.25) is 0 Å². The summed E-state index contributed by atoms with van der Waals surface area (Å²) in [5, 5.41) is 1.93. The van der Waals surface area contributed by atoms with Crippen LogP contribution >= 0.6 is 11.6 Å². The summed E-state index contributed by atoms with van der Waals surface area (Å²) in [7, 11) is -4.12. The van der Waals surface area contributed by atoms with Crippen LogP contribution in [0.15, 0.2) is 0 Å². The summed E-state index contributed by atoms with van der Waals surface area (Å²) in [6, 6.07) is 0. The molecule has 0 spiro atoms.